The van der Waals surface area contributed by atoms with E-state index < -0.39 is 29.2 Å². The van der Waals surface area contributed by atoms with Crippen molar-refractivity contribution in [2.45, 2.75) is 6.18 Å². The minimum Gasteiger partial charge on any atom is -0.320 e. The summed E-state index contributed by atoms with van der Waals surface area (Å²) >= 11 is 0. The van der Waals surface area contributed by atoms with Gasteiger partial charge in [0.1, 0.15) is 23.1 Å². The number of aromatic nitrogens is 6. The quantitative estimate of drug-likeness (QED) is 0.359. The van der Waals surface area contributed by atoms with Crippen LogP contribution >= 0.6 is 0 Å². The van der Waals surface area contributed by atoms with Gasteiger partial charge in [-0.05, 0) is 30.3 Å². The van der Waals surface area contributed by atoms with E-state index in [-0.39, 0.29) is 28.0 Å². The van der Waals surface area contributed by atoms with E-state index in [9.17, 15) is 22.4 Å². The van der Waals surface area contributed by atoms with Gasteiger partial charge in [-0.15, -0.1) is 0 Å². The lowest BCUT2D eigenvalue weighted by Crippen LogP contribution is -2.21. The smallest absolute Gasteiger partial charge is 0.320 e. The van der Waals surface area contributed by atoms with Crippen LogP contribution in [-0.4, -0.2) is 35.4 Å². The highest BCUT2D eigenvalue weighted by molar-refractivity contribution is 6.05. The van der Waals surface area contributed by atoms with E-state index in [0.717, 1.165) is 18.3 Å². The maximum absolute atomic E-state index is 14.2. The average molecular weight is 506 g/mol. The topological polar surface area (TPSA) is 114 Å². The number of anilines is 1. The summed E-state index contributed by atoms with van der Waals surface area (Å²) in [6.07, 6.45) is -0.179. The van der Waals surface area contributed by atoms with E-state index in [2.05, 4.69) is 25.5 Å². The minimum atomic E-state index is -4.98. The zero-order chi connectivity index (χ0) is 26.3. The molecule has 0 fully saturated rings. The van der Waals surface area contributed by atoms with Crippen LogP contribution in [0.5, 0.6) is 0 Å². The van der Waals surface area contributed by atoms with Crippen molar-refractivity contribution in [3.63, 3.8) is 0 Å². The number of carbonyl (C=O) groups excluding carboxylic acids is 1. The number of hydrogen-bond donors (Lipinski definition) is 1. The molecule has 37 heavy (non-hydrogen) atoms. The second kappa shape index (κ2) is 8.83. The third kappa shape index (κ3) is 4.25. The molecule has 184 valence electrons. The Labute approximate surface area is 205 Å². The van der Waals surface area contributed by atoms with Crippen molar-refractivity contribution < 1.29 is 22.4 Å². The Morgan fingerprint density at radius 2 is 1.95 bits per heavy atom. The summed E-state index contributed by atoms with van der Waals surface area (Å²) in [7, 11) is 1.58. The molecule has 0 spiro atoms. The van der Waals surface area contributed by atoms with Gasteiger partial charge in [-0.1, -0.05) is 0 Å². The lowest BCUT2D eigenvalue weighted by Gasteiger charge is -2.14. The van der Waals surface area contributed by atoms with Gasteiger partial charge in [-0.2, -0.15) is 28.6 Å². The second-order valence-electron chi connectivity index (χ2n) is 7.85. The summed E-state index contributed by atoms with van der Waals surface area (Å²) < 4.78 is 58.6. The number of rotatable bonds is 4. The molecule has 1 aromatic carbocycles. The number of nitriles is 1. The van der Waals surface area contributed by atoms with Crippen molar-refractivity contribution in [2.75, 3.05) is 5.32 Å². The molecule has 0 bridgehead atoms. The van der Waals surface area contributed by atoms with Crippen LogP contribution in [-0.2, 0) is 13.2 Å². The van der Waals surface area contributed by atoms with Crippen molar-refractivity contribution >= 4 is 22.5 Å². The van der Waals surface area contributed by atoms with Gasteiger partial charge in [0.25, 0.3) is 5.91 Å². The highest BCUT2D eigenvalue weighted by atomic mass is 19.4. The van der Waals surface area contributed by atoms with E-state index in [1.165, 1.54) is 47.5 Å². The molecular formula is C24H14F4N8O. The number of nitrogens with one attached hydrogen (secondary N) is 1. The van der Waals surface area contributed by atoms with E-state index in [1.54, 1.807) is 7.05 Å². The first-order valence-corrected chi connectivity index (χ1v) is 10.6. The third-order valence-corrected chi connectivity index (χ3v) is 5.49. The summed E-state index contributed by atoms with van der Waals surface area (Å²) in [5.74, 6) is -1.79. The fraction of sp³-hybridized carbons (Fsp3) is 0.0833. The van der Waals surface area contributed by atoms with Gasteiger partial charge in [-0.3, -0.25) is 19.4 Å². The van der Waals surface area contributed by atoms with Gasteiger partial charge in [0.05, 0.1) is 35.0 Å². The number of amides is 1. The van der Waals surface area contributed by atoms with Crippen LogP contribution in [0.3, 0.4) is 0 Å². The van der Waals surface area contributed by atoms with Crippen molar-refractivity contribution in [1.29, 1.82) is 5.26 Å². The lowest BCUT2D eigenvalue weighted by molar-refractivity contribution is -0.143. The Morgan fingerprint density at radius 3 is 2.68 bits per heavy atom. The molecule has 0 atom stereocenters. The number of fused-ring (bicyclic) bond motifs is 1. The van der Waals surface area contributed by atoms with Gasteiger partial charge in [0, 0.05) is 36.5 Å². The molecule has 0 aliphatic heterocycles. The van der Waals surface area contributed by atoms with Gasteiger partial charge >= 0.3 is 6.18 Å². The number of halogens is 4. The highest BCUT2D eigenvalue weighted by Crippen LogP contribution is 2.36. The maximum Gasteiger partial charge on any atom is 0.434 e. The van der Waals surface area contributed by atoms with Gasteiger partial charge < -0.3 is 5.32 Å². The third-order valence-electron chi connectivity index (χ3n) is 5.49. The van der Waals surface area contributed by atoms with Crippen LogP contribution < -0.4 is 5.32 Å². The molecule has 5 rings (SSSR count). The van der Waals surface area contributed by atoms with E-state index in [0.29, 0.717) is 15.9 Å². The van der Waals surface area contributed by atoms with Gasteiger partial charge in [0.15, 0.2) is 5.69 Å². The normalized spacial score (nSPS) is 11.5. The molecule has 0 saturated heterocycles. The second-order valence-corrected chi connectivity index (χ2v) is 7.85. The molecular weight excluding hydrogens is 492 g/mol. The summed E-state index contributed by atoms with van der Waals surface area (Å²) in [6, 6.07) is 9.94. The zero-order valence-corrected chi connectivity index (χ0v) is 18.8. The van der Waals surface area contributed by atoms with Crippen molar-refractivity contribution in [2.24, 2.45) is 7.05 Å². The van der Waals surface area contributed by atoms with Crippen molar-refractivity contribution in [3.05, 3.63) is 84.0 Å². The number of hydrogen-bond acceptors (Lipinski definition) is 6. The standard InChI is InChI=1S/C24H14F4N8O/c1-35-15(9-29)8-19(34-35)13-7-14(11-30-10-13)33-23(37)17-12-32-36(22(17)24(26,27)28)20-5-4-18(25)21-16(20)3-2-6-31-21/h2-8,10-12H,1H3,(H,33,37). The first-order valence-electron chi connectivity index (χ1n) is 10.6. The number of aryl methyl sites for hydroxylation is 1. The Hall–Kier alpha value is -5.12. The summed E-state index contributed by atoms with van der Waals surface area (Å²) in [5, 5.41) is 19.6. The fourth-order valence-corrected chi connectivity index (χ4v) is 3.84. The summed E-state index contributed by atoms with van der Waals surface area (Å²) in [4.78, 5) is 20.9. The molecule has 9 nitrogen and oxygen atoms in total. The predicted molar refractivity (Wildman–Crippen MR) is 123 cm³/mol. The van der Waals surface area contributed by atoms with Crippen LogP contribution in [0.2, 0.25) is 0 Å². The number of carbonyl (C=O) groups is 1. The molecule has 4 heterocycles. The molecule has 0 saturated carbocycles. The van der Waals surface area contributed by atoms with Crippen molar-refractivity contribution in [3.8, 4) is 23.0 Å². The summed E-state index contributed by atoms with van der Waals surface area (Å²) in [5.41, 5.74) is -1.10. The molecule has 13 heteroatoms. The molecule has 0 unspecified atom stereocenters. The minimum absolute atomic E-state index is 0.0899. The Morgan fingerprint density at radius 1 is 1.14 bits per heavy atom. The lowest BCUT2D eigenvalue weighted by atomic mass is 10.1. The van der Waals surface area contributed by atoms with Crippen LogP contribution in [0, 0.1) is 17.1 Å². The highest BCUT2D eigenvalue weighted by Gasteiger charge is 2.41. The maximum atomic E-state index is 14.2. The van der Waals surface area contributed by atoms with Gasteiger partial charge in [-0.25, -0.2) is 9.07 Å². The van der Waals surface area contributed by atoms with Crippen LogP contribution in [0.15, 0.2) is 61.2 Å². The molecule has 1 N–H and O–H groups in total. The zero-order valence-electron chi connectivity index (χ0n) is 18.8. The largest absolute Gasteiger partial charge is 0.434 e. The first-order chi connectivity index (χ1) is 17.7. The fourth-order valence-electron chi connectivity index (χ4n) is 3.84. The van der Waals surface area contributed by atoms with Gasteiger partial charge in [0.2, 0.25) is 0 Å². The van der Waals surface area contributed by atoms with Crippen LogP contribution in [0.25, 0.3) is 27.8 Å². The Bertz CT molecular complexity index is 1710. The number of pyridine rings is 2. The summed E-state index contributed by atoms with van der Waals surface area (Å²) in [6.45, 7) is 0. The SMILES string of the molecule is Cn1nc(-c2cncc(NC(=O)c3cnn(-c4ccc(F)c5ncccc45)c3C(F)(F)F)c2)cc1C#N. The molecule has 5 aromatic rings. The Kier molecular flexibility index (Phi) is 5.63. The number of alkyl halides is 3. The molecule has 1 amide bonds. The monoisotopic (exact) mass is 506 g/mol. The predicted octanol–water partition coefficient (Wildman–Crippen LogP) is 4.50. The Balaban J connectivity index is 1.54. The molecule has 0 aliphatic carbocycles. The molecule has 0 radical (unpaired) electrons. The average Bonchev–Trinajstić information content (AvgIpc) is 3.49. The van der Waals surface area contributed by atoms with E-state index in [4.69, 9.17) is 5.26 Å². The van der Waals surface area contributed by atoms with Crippen LogP contribution in [0.4, 0.5) is 23.2 Å². The first kappa shape index (κ1) is 23.6. The molecule has 0 aliphatic rings. The molecule has 4 aromatic heterocycles. The van der Waals surface area contributed by atoms with E-state index >= 15 is 0 Å². The van der Waals surface area contributed by atoms with Crippen LogP contribution in [0.1, 0.15) is 21.7 Å². The van der Waals surface area contributed by atoms with Crippen molar-refractivity contribution in [1.82, 2.24) is 29.5 Å². The number of benzene rings is 1. The number of nitrogens with zero attached hydrogens (tertiary/aromatic N) is 7. The van der Waals surface area contributed by atoms with E-state index in [1.807, 2.05) is 6.07 Å².